The lowest BCUT2D eigenvalue weighted by Crippen LogP contribution is -2.40. The first-order chi connectivity index (χ1) is 9.05. The van der Waals surface area contributed by atoms with Crippen LogP contribution in [-0.4, -0.2) is 46.1 Å². The highest BCUT2D eigenvalue weighted by Gasteiger charge is 2.29. The third kappa shape index (κ3) is 3.08. The molecule has 1 aliphatic rings. The van der Waals surface area contributed by atoms with E-state index in [1.54, 1.807) is 38.4 Å². The van der Waals surface area contributed by atoms with E-state index in [0.717, 1.165) is 18.5 Å². The fourth-order valence-electron chi connectivity index (χ4n) is 2.20. The number of benzene rings is 1. The number of sulfonamides is 1. The topological polar surface area (TPSA) is 58.6 Å². The van der Waals surface area contributed by atoms with Crippen molar-refractivity contribution >= 4 is 15.7 Å². The molecule has 1 fully saturated rings. The molecule has 1 N–H and O–H groups in total. The molecule has 1 aromatic rings. The summed E-state index contributed by atoms with van der Waals surface area (Å²) in [5.74, 6) is 0. The first-order valence-electron chi connectivity index (χ1n) is 6.39. The molecule has 6 heteroatoms. The number of hydrogen-bond donors (Lipinski definition) is 1. The Kier molecular flexibility index (Phi) is 4.44. The zero-order chi connectivity index (χ0) is 13.9. The Bertz CT molecular complexity index is 507. The summed E-state index contributed by atoms with van der Waals surface area (Å²) in [4.78, 5) is 0.334. The molecule has 0 bridgehead atoms. The monoisotopic (exact) mass is 284 g/mol. The number of rotatable bonds is 4. The summed E-state index contributed by atoms with van der Waals surface area (Å²) in [5.41, 5.74) is 0.896. The molecule has 1 aliphatic heterocycles. The molecule has 0 radical (unpaired) electrons. The van der Waals surface area contributed by atoms with E-state index in [1.807, 2.05) is 0 Å². The summed E-state index contributed by atoms with van der Waals surface area (Å²) in [7, 11) is 0.0397. The van der Waals surface area contributed by atoms with Crippen LogP contribution < -0.4 is 5.32 Å². The van der Waals surface area contributed by atoms with Gasteiger partial charge >= 0.3 is 0 Å². The predicted molar refractivity (Wildman–Crippen MR) is 74.8 cm³/mol. The Morgan fingerprint density at radius 2 is 1.79 bits per heavy atom. The van der Waals surface area contributed by atoms with Gasteiger partial charge in [0.1, 0.15) is 0 Å². The molecule has 0 aromatic heterocycles. The van der Waals surface area contributed by atoms with Gasteiger partial charge in [-0.1, -0.05) is 0 Å². The molecule has 0 atom stereocenters. The van der Waals surface area contributed by atoms with Gasteiger partial charge < -0.3 is 10.1 Å². The van der Waals surface area contributed by atoms with Gasteiger partial charge in [0.25, 0.3) is 0 Å². The fourth-order valence-corrected chi connectivity index (χ4v) is 3.62. The van der Waals surface area contributed by atoms with Crippen molar-refractivity contribution in [1.82, 2.24) is 4.31 Å². The van der Waals surface area contributed by atoms with Crippen LogP contribution in [0.25, 0.3) is 0 Å². The van der Waals surface area contributed by atoms with E-state index in [9.17, 15) is 8.42 Å². The van der Waals surface area contributed by atoms with Crippen molar-refractivity contribution in [3.63, 3.8) is 0 Å². The molecule has 0 spiro atoms. The molecule has 0 aliphatic carbocycles. The quantitative estimate of drug-likeness (QED) is 0.911. The van der Waals surface area contributed by atoms with Crippen molar-refractivity contribution in [2.75, 3.05) is 32.6 Å². The van der Waals surface area contributed by atoms with Crippen molar-refractivity contribution in [1.29, 1.82) is 0 Å². The maximum atomic E-state index is 12.5. The third-order valence-corrected chi connectivity index (χ3v) is 5.45. The normalized spacial score (nSPS) is 17.6. The fraction of sp³-hybridized carbons (Fsp3) is 0.538. The van der Waals surface area contributed by atoms with Crippen LogP contribution in [0.2, 0.25) is 0 Å². The standard InChI is InChI=1S/C13H20N2O3S/c1-14-11-3-5-13(6-4-11)19(16,17)15(2)12-7-9-18-10-8-12/h3-6,12,14H,7-10H2,1-2H3. The van der Waals surface area contributed by atoms with Gasteiger partial charge in [0.05, 0.1) is 4.90 Å². The Hall–Kier alpha value is -1.11. The van der Waals surface area contributed by atoms with Gasteiger partial charge in [-0.2, -0.15) is 4.31 Å². The first kappa shape index (κ1) is 14.3. The number of anilines is 1. The molecule has 0 amide bonds. The van der Waals surface area contributed by atoms with Gasteiger partial charge in [0.2, 0.25) is 10.0 Å². The minimum atomic E-state index is -3.41. The van der Waals surface area contributed by atoms with Crippen molar-refractivity contribution in [3.05, 3.63) is 24.3 Å². The summed E-state index contributed by atoms with van der Waals surface area (Å²) in [6.45, 7) is 1.26. The molecule has 106 valence electrons. The lowest BCUT2D eigenvalue weighted by molar-refractivity contribution is 0.0632. The van der Waals surface area contributed by atoms with Crippen molar-refractivity contribution in [2.45, 2.75) is 23.8 Å². The highest BCUT2D eigenvalue weighted by molar-refractivity contribution is 7.89. The summed E-state index contributed by atoms with van der Waals surface area (Å²) in [6, 6.07) is 6.84. The van der Waals surface area contributed by atoms with E-state index in [2.05, 4.69) is 5.32 Å². The Morgan fingerprint density at radius 3 is 2.32 bits per heavy atom. The molecule has 0 saturated carbocycles. The summed E-state index contributed by atoms with van der Waals surface area (Å²) in [6.07, 6.45) is 1.51. The smallest absolute Gasteiger partial charge is 0.243 e. The SMILES string of the molecule is CNc1ccc(S(=O)(=O)N(C)C2CCOCC2)cc1. The molecule has 1 saturated heterocycles. The molecule has 2 rings (SSSR count). The maximum absolute atomic E-state index is 12.5. The number of nitrogens with one attached hydrogen (secondary N) is 1. The van der Waals surface area contributed by atoms with Gasteiger partial charge in [0.15, 0.2) is 0 Å². The predicted octanol–water partition coefficient (Wildman–Crippen LogP) is 1.53. The molecule has 1 heterocycles. The lowest BCUT2D eigenvalue weighted by Gasteiger charge is -2.30. The Labute approximate surface area is 114 Å². The number of hydrogen-bond acceptors (Lipinski definition) is 4. The second-order valence-electron chi connectivity index (χ2n) is 4.64. The van der Waals surface area contributed by atoms with Gasteiger partial charge in [0, 0.05) is 39.0 Å². The lowest BCUT2D eigenvalue weighted by atomic mass is 10.1. The number of ether oxygens (including phenoxy) is 1. The Balaban J connectivity index is 2.19. The average molecular weight is 284 g/mol. The van der Waals surface area contributed by atoms with Crippen molar-refractivity contribution in [3.8, 4) is 0 Å². The van der Waals surface area contributed by atoms with Gasteiger partial charge in [-0.3, -0.25) is 0 Å². The van der Waals surface area contributed by atoms with Crippen LogP contribution in [0, 0.1) is 0 Å². The summed E-state index contributed by atoms with van der Waals surface area (Å²) < 4.78 is 31.7. The second-order valence-corrected chi connectivity index (χ2v) is 6.64. The molecular formula is C13H20N2O3S. The van der Waals surface area contributed by atoms with E-state index >= 15 is 0 Å². The van der Waals surface area contributed by atoms with Crippen LogP contribution in [0.4, 0.5) is 5.69 Å². The highest BCUT2D eigenvalue weighted by atomic mass is 32.2. The van der Waals surface area contributed by atoms with Gasteiger partial charge in [-0.25, -0.2) is 8.42 Å². The van der Waals surface area contributed by atoms with Gasteiger partial charge in [-0.15, -0.1) is 0 Å². The van der Waals surface area contributed by atoms with E-state index in [4.69, 9.17) is 4.74 Å². The van der Waals surface area contributed by atoms with Crippen LogP contribution in [0.1, 0.15) is 12.8 Å². The second kappa shape index (κ2) is 5.90. The zero-order valence-corrected chi connectivity index (χ0v) is 12.1. The van der Waals surface area contributed by atoms with Crippen LogP contribution in [0.5, 0.6) is 0 Å². The van der Waals surface area contributed by atoms with E-state index in [1.165, 1.54) is 4.31 Å². The van der Waals surface area contributed by atoms with E-state index < -0.39 is 10.0 Å². The number of nitrogens with zero attached hydrogens (tertiary/aromatic N) is 1. The first-order valence-corrected chi connectivity index (χ1v) is 7.83. The highest BCUT2D eigenvalue weighted by Crippen LogP contribution is 2.22. The molecule has 0 unspecified atom stereocenters. The summed E-state index contributed by atoms with van der Waals surface area (Å²) in [5, 5.41) is 2.97. The molecule has 1 aromatic carbocycles. The summed E-state index contributed by atoms with van der Waals surface area (Å²) >= 11 is 0. The van der Waals surface area contributed by atoms with Crippen LogP contribution in [0.3, 0.4) is 0 Å². The Morgan fingerprint density at radius 1 is 1.21 bits per heavy atom. The zero-order valence-electron chi connectivity index (χ0n) is 11.3. The van der Waals surface area contributed by atoms with Crippen molar-refractivity contribution in [2.24, 2.45) is 0 Å². The average Bonchev–Trinajstić information content (AvgIpc) is 2.47. The minimum absolute atomic E-state index is 0.0303. The van der Waals surface area contributed by atoms with Crippen LogP contribution in [-0.2, 0) is 14.8 Å². The molecular weight excluding hydrogens is 264 g/mol. The van der Waals surface area contributed by atoms with E-state index in [-0.39, 0.29) is 6.04 Å². The van der Waals surface area contributed by atoms with Crippen molar-refractivity contribution < 1.29 is 13.2 Å². The maximum Gasteiger partial charge on any atom is 0.243 e. The van der Waals surface area contributed by atoms with Gasteiger partial charge in [-0.05, 0) is 37.1 Å². The molecule has 5 nitrogen and oxygen atoms in total. The molecule has 19 heavy (non-hydrogen) atoms. The minimum Gasteiger partial charge on any atom is -0.388 e. The third-order valence-electron chi connectivity index (χ3n) is 3.53. The van der Waals surface area contributed by atoms with E-state index in [0.29, 0.717) is 18.1 Å². The van der Waals surface area contributed by atoms with Crippen LogP contribution in [0.15, 0.2) is 29.2 Å². The van der Waals surface area contributed by atoms with Crippen LogP contribution >= 0.6 is 0 Å². The largest absolute Gasteiger partial charge is 0.388 e.